The Balaban J connectivity index is 1.40. The van der Waals surface area contributed by atoms with Gasteiger partial charge in [0.1, 0.15) is 12.1 Å². The largest absolute Gasteiger partial charge is 0.337 e. The molecule has 2 aliphatic rings. The van der Waals surface area contributed by atoms with E-state index in [2.05, 4.69) is 15.5 Å². The van der Waals surface area contributed by atoms with Crippen LogP contribution >= 0.6 is 0 Å². The van der Waals surface area contributed by atoms with Crippen molar-refractivity contribution in [3.8, 4) is 11.4 Å². The zero-order valence-electron chi connectivity index (χ0n) is 15.3. The molecule has 1 aromatic heterocycles. The number of aryl methyl sites for hydroxylation is 2. The van der Waals surface area contributed by atoms with Crippen molar-refractivity contribution in [2.75, 3.05) is 0 Å². The second kappa shape index (κ2) is 6.02. The van der Waals surface area contributed by atoms with E-state index < -0.39 is 11.6 Å². The fourth-order valence-corrected chi connectivity index (χ4v) is 4.01. The van der Waals surface area contributed by atoms with Gasteiger partial charge in [-0.15, -0.1) is 0 Å². The van der Waals surface area contributed by atoms with Gasteiger partial charge in [0.2, 0.25) is 11.7 Å². The molecule has 1 fully saturated rings. The highest BCUT2D eigenvalue weighted by Gasteiger charge is 2.55. The van der Waals surface area contributed by atoms with E-state index in [1.807, 2.05) is 55.5 Å². The topological polar surface area (TPSA) is 88.3 Å². The number of benzene rings is 2. The smallest absolute Gasteiger partial charge is 0.325 e. The third-order valence-corrected chi connectivity index (χ3v) is 5.49. The molecular weight excluding hydrogens is 356 g/mol. The summed E-state index contributed by atoms with van der Waals surface area (Å²) in [5.41, 5.74) is 2.94. The summed E-state index contributed by atoms with van der Waals surface area (Å²) in [4.78, 5) is 31.3. The molecule has 3 aromatic rings. The molecule has 5 rings (SSSR count). The number of carbonyl (C=O) groups is 2. The first kappa shape index (κ1) is 16.7. The van der Waals surface area contributed by atoms with E-state index in [0.717, 1.165) is 33.6 Å². The summed E-state index contributed by atoms with van der Waals surface area (Å²) in [7, 11) is 0. The van der Waals surface area contributed by atoms with Gasteiger partial charge >= 0.3 is 6.03 Å². The molecule has 7 nitrogen and oxygen atoms in total. The lowest BCUT2D eigenvalue weighted by molar-refractivity contribution is -0.132. The lowest BCUT2D eigenvalue weighted by Crippen LogP contribution is -2.41. The maximum atomic E-state index is 13.2. The normalized spacial score (nSPS) is 20.7. The highest BCUT2D eigenvalue weighted by molar-refractivity contribution is 6.08. The molecule has 1 spiro atoms. The number of rotatable bonds is 3. The number of hydrogen-bond donors (Lipinski definition) is 1. The van der Waals surface area contributed by atoms with Crippen molar-refractivity contribution in [3.63, 3.8) is 0 Å². The van der Waals surface area contributed by atoms with Crippen molar-refractivity contribution in [2.45, 2.75) is 31.8 Å². The number of fused-ring (bicyclic) bond motifs is 2. The molecule has 1 N–H and O–H groups in total. The molecule has 2 aromatic carbocycles. The zero-order valence-corrected chi connectivity index (χ0v) is 15.3. The maximum absolute atomic E-state index is 13.2. The van der Waals surface area contributed by atoms with Crippen molar-refractivity contribution >= 4 is 11.9 Å². The Kier molecular flexibility index (Phi) is 3.58. The molecule has 3 amide bonds. The molecule has 7 heteroatoms. The molecule has 1 saturated heterocycles. The Labute approximate surface area is 161 Å². The minimum Gasteiger partial charge on any atom is -0.337 e. The minimum absolute atomic E-state index is 0.0482. The molecule has 28 heavy (non-hydrogen) atoms. The summed E-state index contributed by atoms with van der Waals surface area (Å²) < 4.78 is 5.29. The molecular formula is C21H18N4O3. The van der Waals surface area contributed by atoms with Gasteiger partial charge in [-0.05, 0) is 30.9 Å². The van der Waals surface area contributed by atoms with Crippen molar-refractivity contribution in [2.24, 2.45) is 0 Å². The lowest BCUT2D eigenvalue weighted by Gasteiger charge is -2.21. The predicted molar refractivity (Wildman–Crippen MR) is 100.0 cm³/mol. The van der Waals surface area contributed by atoms with Crippen LogP contribution in [0.2, 0.25) is 0 Å². The first-order valence-corrected chi connectivity index (χ1v) is 9.19. The number of aromatic nitrogens is 2. The highest BCUT2D eigenvalue weighted by atomic mass is 16.5. The Morgan fingerprint density at radius 3 is 2.75 bits per heavy atom. The second-order valence-corrected chi connectivity index (χ2v) is 7.26. The average molecular weight is 374 g/mol. The van der Waals surface area contributed by atoms with Crippen LogP contribution in [0.3, 0.4) is 0 Å². The van der Waals surface area contributed by atoms with E-state index in [0.29, 0.717) is 12.2 Å². The lowest BCUT2D eigenvalue weighted by atomic mass is 9.92. The summed E-state index contributed by atoms with van der Waals surface area (Å²) >= 11 is 0. The molecule has 1 atom stereocenters. The zero-order chi connectivity index (χ0) is 19.3. The summed E-state index contributed by atoms with van der Waals surface area (Å²) in [5.74, 6) is 0.392. The van der Waals surface area contributed by atoms with Crippen LogP contribution in [0.15, 0.2) is 53.1 Å². The summed E-state index contributed by atoms with van der Waals surface area (Å²) in [6, 6.07) is 15.0. The number of nitrogens with one attached hydrogen (secondary N) is 1. The van der Waals surface area contributed by atoms with E-state index in [-0.39, 0.29) is 18.3 Å². The molecule has 0 bridgehead atoms. The fourth-order valence-electron chi connectivity index (χ4n) is 4.01. The number of carbonyl (C=O) groups excluding carboxylic acids is 2. The summed E-state index contributed by atoms with van der Waals surface area (Å²) in [6.45, 7) is 1.95. The average Bonchev–Trinajstić information content (AvgIpc) is 3.37. The summed E-state index contributed by atoms with van der Waals surface area (Å²) in [5, 5.41) is 6.88. The van der Waals surface area contributed by atoms with Gasteiger partial charge < -0.3 is 9.84 Å². The molecule has 0 saturated carbocycles. The van der Waals surface area contributed by atoms with Crippen LogP contribution in [-0.4, -0.2) is 27.0 Å². The van der Waals surface area contributed by atoms with Crippen molar-refractivity contribution in [1.82, 2.24) is 20.4 Å². The van der Waals surface area contributed by atoms with Crippen molar-refractivity contribution < 1.29 is 14.1 Å². The van der Waals surface area contributed by atoms with Gasteiger partial charge in [0.05, 0.1) is 0 Å². The standard InChI is InChI=1S/C21H18N4O3/c1-13-6-8-15(9-7-13)18-22-17(28-24-18)12-25-19(26)21(23-20(25)27)11-10-14-4-2-3-5-16(14)21/h2-9H,10-12H2,1H3,(H,23,27)/t21-/m1/s1. The van der Waals surface area contributed by atoms with Gasteiger partial charge in [0, 0.05) is 5.56 Å². The maximum Gasteiger partial charge on any atom is 0.325 e. The Morgan fingerprint density at radius 2 is 1.93 bits per heavy atom. The van der Waals surface area contributed by atoms with Gasteiger partial charge in [-0.3, -0.25) is 9.69 Å². The number of hydrogen-bond acceptors (Lipinski definition) is 5. The molecule has 1 aliphatic heterocycles. The van der Waals surface area contributed by atoms with Crippen molar-refractivity contribution in [3.05, 3.63) is 71.1 Å². The molecule has 1 aliphatic carbocycles. The van der Waals surface area contributed by atoms with Gasteiger partial charge in [-0.25, -0.2) is 4.79 Å². The number of urea groups is 1. The van der Waals surface area contributed by atoms with Crippen LogP contribution in [0.5, 0.6) is 0 Å². The van der Waals surface area contributed by atoms with Crippen LogP contribution < -0.4 is 5.32 Å². The molecule has 140 valence electrons. The molecule has 0 unspecified atom stereocenters. The first-order valence-electron chi connectivity index (χ1n) is 9.19. The Morgan fingerprint density at radius 1 is 1.14 bits per heavy atom. The summed E-state index contributed by atoms with van der Waals surface area (Å²) in [6.07, 6.45) is 1.32. The number of imide groups is 1. The van der Waals surface area contributed by atoms with E-state index in [4.69, 9.17) is 4.52 Å². The van der Waals surface area contributed by atoms with E-state index in [9.17, 15) is 9.59 Å². The van der Waals surface area contributed by atoms with Crippen molar-refractivity contribution in [1.29, 1.82) is 0 Å². The van der Waals surface area contributed by atoms with Crippen LogP contribution in [0.4, 0.5) is 4.79 Å². The van der Waals surface area contributed by atoms with Crippen LogP contribution in [0.1, 0.15) is 29.0 Å². The number of amides is 3. The highest BCUT2D eigenvalue weighted by Crippen LogP contribution is 2.41. The van der Waals surface area contributed by atoms with Crippen LogP contribution in [0, 0.1) is 6.92 Å². The number of nitrogens with zero attached hydrogens (tertiary/aromatic N) is 3. The van der Waals surface area contributed by atoms with E-state index >= 15 is 0 Å². The first-order chi connectivity index (χ1) is 13.6. The van der Waals surface area contributed by atoms with Gasteiger partial charge in [-0.2, -0.15) is 4.98 Å². The molecule has 2 heterocycles. The SMILES string of the molecule is Cc1ccc(-c2noc(CN3C(=O)N[C@@]4(CCc5ccccc54)C3=O)n2)cc1. The second-order valence-electron chi connectivity index (χ2n) is 7.26. The monoisotopic (exact) mass is 374 g/mol. The molecule has 0 radical (unpaired) electrons. The quantitative estimate of drug-likeness (QED) is 0.712. The predicted octanol–water partition coefficient (Wildman–Crippen LogP) is 2.94. The third-order valence-electron chi connectivity index (χ3n) is 5.49. The van der Waals surface area contributed by atoms with Gasteiger partial charge in [0.25, 0.3) is 5.91 Å². The van der Waals surface area contributed by atoms with Crippen LogP contribution in [-0.2, 0) is 23.3 Å². The van der Waals surface area contributed by atoms with Gasteiger partial charge in [-0.1, -0.05) is 59.3 Å². The third kappa shape index (κ3) is 2.43. The van der Waals surface area contributed by atoms with E-state index in [1.165, 1.54) is 0 Å². The Hall–Kier alpha value is -3.48. The Bertz CT molecular complexity index is 1090. The van der Waals surface area contributed by atoms with Crippen LogP contribution in [0.25, 0.3) is 11.4 Å². The van der Waals surface area contributed by atoms with E-state index in [1.54, 1.807) is 0 Å². The fraction of sp³-hybridized carbons (Fsp3) is 0.238. The van der Waals surface area contributed by atoms with Gasteiger partial charge in [0.15, 0.2) is 0 Å². The minimum atomic E-state index is -0.979.